The number of aromatic carboxylic acids is 1. The number of alkyl halides is 3. The Morgan fingerprint density at radius 2 is 1.93 bits per heavy atom. The van der Waals surface area contributed by atoms with Gasteiger partial charge in [-0.25, -0.2) is 9.59 Å². The van der Waals surface area contributed by atoms with Crippen molar-refractivity contribution in [3.8, 4) is 0 Å². The summed E-state index contributed by atoms with van der Waals surface area (Å²) in [6.07, 6.45) is -4.42. The minimum atomic E-state index is -4.42. The maximum Gasteiger partial charge on any atom is 0.416 e. The highest BCUT2D eigenvalue weighted by Gasteiger charge is 2.31. The van der Waals surface area contributed by atoms with Gasteiger partial charge in [0.1, 0.15) is 5.56 Å². The smallest absolute Gasteiger partial charge is 0.416 e. The van der Waals surface area contributed by atoms with E-state index in [4.69, 9.17) is 9.52 Å². The van der Waals surface area contributed by atoms with Gasteiger partial charge >= 0.3 is 17.8 Å². The fourth-order valence-corrected chi connectivity index (χ4v) is 3.70. The molecule has 9 heteroatoms. The van der Waals surface area contributed by atoms with Crippen LogP contribution in [0.3, 0.4) is 0 Å². The Kier molecular flexibility index (Phi) is 4.73. The van der Waals surface area contributed by atoms with Crippen LogP contribution in [0.25, 0.3) is 10.3 Å². The topological polar surface area (TPSA) is 70.8 Å². The average molecular weight is 397 g/mol. The van der Waals surface area contributed by atoms with Crippen LogP contribution in [-0.2, 0) is 12.7 Å². The Labute approximate surface area is 155 Å². The molecule has 3 aromatic rings. The van der Waals surface area contributed by atoms with Crippen molar-refractivity contribution in [3.05, 3.63) is 63.0 Å². The number of carboxylic acids is 1. The summed E-state index contributed by atoms with van der Waals surface area (Å²) in [5.41, 5.74) is -0.907. The molecule has 0 unspecified atom stereocenters. The van der Waals surface area contributed by atoms with Crippen molar-refractivity contribution in [2.24, 2.45) is 0 Å². The van der Waals surface area contributed by atoms with Crippen molar-refractivity contribution >= 4 is 32.6 Å². The van der Waals surface area contributed by atoms with Crippen LogP contribution in [0.5, 0.6) is 0 Å². The summed E-state index contributed by atoms with van der Waals surface area (Å²) in [4.78, 5) is 24.4. The normalized spacial score (nSPS) is 11.7. The molecule has 0 saturated heterocycles. The van der Waals surface area contributed by atoms with Crippen molar-refractivity contribution < 1.29 is 27.5 Å². The summed E-state index contributed by atoms with van der Waals surface area (Å²) in [6.45, 7) is 1.80. The molecule has 0 radical (unpaired) electrons. The fraction of sp³-hybridized carbons (Fsp3) is 0.222. The van der Waals surface area contributed by atoms with Crippen molar-refractivity contribution in [1.82, 2.24) is 0 Å². The quantitative estimate of drug-likeness (QED) is 0.701. The maximum atomic E-state index is 13.0. The van der Waals surface area contributed by atoms with Gasteiger partial charge in [0.15, 0.2) is 5.58 Å². The highest BCUT2D eigenvalue weighted by molar-refractivity contribution is 7.22. The lowest BCUT2D eigenvalue weighted by Crippen LogP contribution is -2.16. The van der Waals surface area contributed by atoms with Crippen molar-refractivity contribution in [3.63, 3.8) is 0 Å². The molecule has 0 aliphatic rings. The van der Waals surface area contributed by atoms with Crippen LogP contribution in [0.15, 0.2) is 39.5 Å². The van der Waals surface area contributed by atoms with Gasteiger partial charge in [-0.1, -0.05) is 11.6 Å². The Morgan fingerprint density at radius 1 is 1.22 bits per heavy atom. The average Bonchev–Trinajstić information content (AvgIpc) is 2.95. The molecular formula is C18H14F3NO4S. The van der Waals surface area contributed by atoms with E-state index in [2.05, 4.69) is 0 Å². The van der Waals surface area contributed by atoms with Crippen LogP contribution in [-0.4, -0.2) is 18.1 Å². The number of hydrogen-bond acceptors (Lipinski definition) is 5. The number of aryl methyl sites for hydroxylation is 1. The molecule has 0 fully saturated rings. The number of carbonyl (C=O) groups is 1. The first-order valence-corrected chi connectivity index (χ1v) is 8.56. The first-order valence-electron chi connectivity index (χ1n) is 7.74. The second-order valence-corrected chi connectivity index (χ2v) is 7.19. The van der Waals surface area contributed by atoms with E-state index in [1.165, 1.54) is 17.4 Å². The van der Waals surface area contributed by atoms with Gasteiger partial charge in [-0.05, 0) is 30.7 Å². The van der Waals surface area contributed by atoms with Crippen LogP contribution < -0.4 is 10.5 Å². The predicted molar refractivity (Wildman–Crippen MR) is 95.6 cm³/mol. The molecule has 1 aromatic carbocycles. The molecule has 0 aliphatic carbocycles. The first-order chi connectivity index (χ1) is 12.5. The summed E-state index contributed by atoms with van der Waals surface area (Å²) >= 11 is 1.19. The lowest BCUT2D eigenvalue weighted by molar-refractivity contribution is -0.137. The van der Waals surface area contributed by atoms with E-state index in [1.54, 1.807) is 31.0 Å². The second kappa shape index (κ2) is 6.73. The number of anilines is 1. The van der Waals surface area contributed by atoms with Gasteiger partial charge in [-0.2, -0.15) is 13.2 Å². The zero-order valence-corrected chi connectivity index (χ0v) is 15.1. The monoisotopic (exact) mass is 397 g/mol. The third kappa shape index (κ3) is 3.97. The molecule has 3 rings (SSSR count). The lowest BCUT2D eigenvalue weighted by Gasteiger charge is -2.18. The number of rotatable bonds is 4. The van der Waals surface area contributed by atoms with Gasteiger partial charge < -0.3 is 14.4 Å². The minimum absolute atomic E-state index is 0.202. The van der Waals surface area contributed by atoms with Gasteiger partial charge in [-0.15, -0.1) is 11.3 Å². The Bertz CT molecular complexity index is 1080. The van der Waals surface area contributed by atoms with Gasteiger partial charge in [0.05, 0.1) is 15.3 Å². The highest BCUT2D eigenvalue weighted by atomic mass is 32.1. The van der Waals surface area contributed by atoms with E-state index in [9.17, 15) is 22.8 Å². The van der Waals surface area contributed by atoms with Gasteiger partial charge in [-0.3, -0.25) is 0 Å². The Balaban J connectivity index is 1.93. The van der Waals surface area contributed by atoms with Crippen LogP contribution in [0.1, 0.15) is 27.0 Å². The third-order valence-corrected chi connectivity index (χ3v) is 5.08. The number of benzene rings is 1. The molecule has 5 nitrogen and oxygen atoms in total. The highest BCUT2D eigenvalue weighted by Crippen LogP contribution is 2.34. The molecule has 0 amide bonds. The molecule has 0 bridgehead atoms. The molecular weight excluding hydrogens is 383 g/mol. The minimum Gasteiger partial charge on any atom is -0.477 e. The number of hydrogen-bond donors (Lipinski definition) is 1. The number of carboxylic acid groups (broad SMARTS) is 1. The standard InChI is InChI=1S/C18H14F3NO4S/c1-9-3-10(5-11(4-9)18(19,20)21)8-22(2)15-7-13-14(27-15)6-12(16(23)24)17(25)26-13/h3-7H,8H2,1-2H3,(H,23,24). The van der Waals surface area contributed by atoms with Crippen LogP contribution in [0, 0.1) is 6.92 Å². The molecule has 0 aliphatic heterocycles. The van der Waals surface area contributed by atoms with E-state index < -0.39 is 28.9 Å². The Morgan fingerprint density at radius 3 is 2.56 bits per heavy atom. The molecule has 1 N–H and O–H groups in total. The Hall–Kier alpha value is -2.81. The first kappa shape index (κ1) is 19.0. The molecule has 0 atom stereocenters. The number of fused-ring (bicyclic) bond motifs is 1. The molecule has 0 saturated carbocycles. The molecule has 142 valence electrons. The molecule has 2 heterocycles. The largest absolute Gasteiger partial charge is 0.477 e. The van der Waals surface area contributed by atoms with E-state index in [0.717, 1.165) is 12.1 Å². The summed E-state index contributed by atoms with van der Waals surface area (Å²) in [6, 6.07) is 6.65. The summed E-state index contributed by atoms with van der Waals surface area (Å²) in [5, 5.41) is 9.63. The van der Waals surface area contributed by atoms with Crippen molar-refractivity contribution in [1.29, 1.82) is 0 Å². The zero-order chi connectivity index (χ0) is 19.9. The number of nitrogens with zero attached hydrogens (tertiary/aromatic N) is 1. The number of thiophene rings is 1. The van der Waals surface area contributed by atoms with Gasteiger partial charge in [0, 0.05) is 19.7 Å². The van der Waals surface area contributed by atoms with Crippen LogP contribution in [0.2, 0.25) is 0 Å². The van der Waals surface area contributed by atoms with E-state index >= 15 is 0 Å². The summed E-state index contributed by atoms with van der Waals surface area (Å²) in [5.74, 6) is -1.38. The summed E-state index contributed by atoms with van der Waals surface area (Å²) in [7, 11) is 1.69. The number of halogens is 3. The van der Waals surface area contributed by atoms with Gasteiger partial charge in [0.25, 0.3) is 0 Å². The second-order valence-electron chi connectivity index (χ2n) is 6.13. The molecule has 0 spiro atoms. The fourth-order valence-electron chi connectivity index (χ4n) is 2.71. The van der Waals surface area contributed by atoms with Gasteiger partial charge in [0.2, 0.25) is 0 Å². The molecule has 2 aromatic heterocycles. The van der Waals surface area contributed by atoms with E-state index in [1.807, 2.05) is 0 Å². The SMILES string of the molecule is Cc1cc(CN(C)c2cc3oc(=O)c(C(=O)O)cc3s2)cc(C(F)(F)F)c1. The van der Waals surface area contributed by atoms with E-state index in [0.29, 0.717) is 20.8 Å². The third-order valence-electron chi connectivity index (χ3n) is 3.90. The van der Waals surface area contributed by atoms with Crippen molar-refractivity contribution in [2.75, 3.05) is 11.9 Å². The predicted octanol–water partition coefficient (Wildman–Crippen LogP) is 4.52. The zero-order valence-electron chi connectivity index (χ0n) is 14.3. The maximum absolute atomic E-state index is 13.0. The molecule has 27 heavy (non-hydrogen) atoms. The van der Waals surface area contributed by atoms with Crippen LogP contribution >= 0.6 is 11.3 Å². The van der Waals surface area contributed by atoms with Crippen LogP contribution in [0.4, 0.5) is 18.2 Å². The lowest BCUT2D eigenvalue weighted by atomic mass is 10.1. The van der Waals surface area contributed by atoms with E-state index in [-0.39, 0.29) is 12.1 Å². The summed E-state index contributed by atoms with van der Waals surface area (Å²) < 4.78 is 44.4. The van der Waals surface area contributed by atoms with Crippen molar-refractivity contribution in [2.45, 2.75) is 19.6 Å².